The first kappa shape index (κ1) is 14.1. The average Bonchev–Trinajstić information content (AvgIpc) is 3.11. The predicted octanol–water partition coefficient (Wildman–Crippen LogP) is 2.02. The van der Waals surface area contributed by atoms with Crippen LogP contribution in [0, 0.1) is 19.8 Å². The first-order valence-electron chi connectivity index (χ1n) is 7.05. The molecule has 0 aliphatic heterocycles. The summed E-state index contributed by atoms with van der Waals surface area (Å²) in [5.74, 6) is 0.801. The summed E-state index contributed by atoms with van der Waals surface area (Å²) in [6, 6.07) is 0.303. The van der Waals surface area contributed by atoms with Crippen molar-refractivity contribution < 1.29 is 4.79 Å². The lowest BCUT2D eigenvalue weighted by molar-refractivity contribution is -0.115. The van der Waals surface area contributed by atoms with Crippen molar-refractivity contribution in [3.05, 3.63) is 11.4 Å². The van der Waals surface area contributed by atoms with Gasteiger partial charge < -0.3 is 10.6 Å². The Morgan fingerprint density at radius 2 is 2.11 bits per heavy atom. The minimum Gasteiger partial charge on any atom is -0.322 e. The Labute approximate surface area is 114 Å². The van der Waals surface area contributed by atoms with Crippen LogP contribution in [0.2, 0.25) is 0 Å². The topological polar surface area (TPSA) is 59.0 Å². The fourth-order valence-corrected chi connectivity index (χ4v) is 2.24. The van der Waals surface area contributed by atoms with E-state index in [1.807, 2.05) is 18.5 Å². The van der Waals surface area contributed by atoms with Gasteiger partial charge in [0.05, 0.1) is 23.6 Å². The lowest BCUT2D eigenvalue weighted by atomic mass is 10.3. The standard InChI is InChI=1S/C14H24N4O/c1-9(2)18-11(4)14(10(3)17-18)16-13(19)8-15-7-12-5-6-12/h9,12,15H,5-8H2,1-4H3,(H,16,19). The fraction of sp³-hybridized carbons (Fsp3) is 0.714. The molecule has 0 unspecified atom stereocenters. The van der Waals surface area contributed by atoms with Crippen molar-refractivity contribution in [3.63, 3.8) is 0 Å². The minimum absolute atomic E-state index is 0.00940. The molecule has 1 aliphatic rings. The molecule has 1 aromatic rings. The maximum Gasteiger partial charge on any atom is 0.238 e. The van der Waals surface area contributed by atoms with E-state index in [2.05, 4.69) is 29.6 Å². The van der Waals surface area contributed by atoms with E-state index < -0.39 is 0 Å². The quantitative estimate of drug-likeness (QED) is 0.826. The van der Waals surface area contributed by atoms with E-state index in [9.17, 15) is 4.79 Å². The molecule has 5 heteroatoms. The highest BCUT2D eigenvalue weighted by atomic mass is 16.1. The van der Waals surface area contributed by atoms with Crippen molar-refractivity contribution in [2.75, 3.05) is 18.4 Å². The molecule has 1 aliphatic carbocycles. The Morgan fingerprint density at radius 3 is 2.63 bits per heavy atom. The summed E-state index contributed by atoms with van der Waals surface area (Å²) in [5, 5.41) is 10.6. The lowest BCUT2D eigenvalue weighted by Gasteiger charge is -2.09. The van der Waals surface area contributed by atoms with Gasteiger partial charge in [0, 0.05) is 6.04 Å². The van der Waals surface area contributed by atoms with Crippen LogP contribution in [0.25, 0.3) is 0 Å². The Hall–Kier alpha value is -1.36. The molecule has 0 atom stereocenters. The lowest BCUT2D eigenvalue weighted by Crippen LogP contribution is -2.29. The van der Waals surface area contributed by atoms with Crippen LogP contribution >= 0.6 is 0 Å². The summed E-state index contributed by atoms with van der Waals surface area (Å²) >= 11 is 0. The maximum absolute atomic E-state index is 11.9. The molecule has 1 amide bonds. The molecule has 19 heavy (non-hydrogen) atoms. The smallest absolute Gasteiger partial charge is 0.238 e. The molecule has 1 saturated carbocycles. The van der Waals surface area contributed by atoms with Crippen molar-refractivity contribution in [2.24, 2.45) is 5.92 Å². The van der Waals surface area contributed by atoms with Crippen molar-refractivity contribution >= 4 is 11.6 Å². The number of aryl methyl sites for hydroxylation is 1. The predicted molar refractivity (Wildman–Crippen MR) is 76.3 cm³/mol. The summed E-state index contributed by atoms with van der Waals surface area (Å²) < 4.78 is 1.95. The number of aromatic nitrogens is 2. The van der Waals surface area contributed by atoms with E-state index >= 15 is 0 Å². The van der Waals surface area contributed by atoms with Crippen LogP contribution in [0.1, 0.15) is 44.1 Å². The zero-order valence-electron chi connectivity index (χ0n) is 12.3. The number of anilines is 1. The van der Waals surface area contributed by atoms with Crippen LogP contribution in [0.4, 0.5) is 5.69 Å². The Balaban J connectivity index is 1.91. The summed E-state index contributed by atoms with van der Waals surface area (Å²) in [4.78, 5) is 11.9. The van der Waals surface area contributed by atoms with Gasteiger partial charge in [-0.1, -0.05) is 0 Å². The van der Waals surface area contributed by atoms with E-state index in [-0.39, 0.29) is 5.91 Å². The number of nitrogens with one attached hydrogen (secondary N) is 2. The SMILES string of the molecule is Cc1nn(C(C)C)c(C)c1NC(=O)CNCC1CC1. The Bertz CT molecular complexity index is 460. The molecule has 1 heterocycles. The first-order chi connectivity index (χ1) is 8.99. The van der Waals surface area contributed by atoms with Crippen molar-refractivity contribution in [1.29, 1.82) is 0 Å². The number of carbonyl (C=O) groups is 1. The number of nitrogens with zero attached hydrogens (tertiary/aromatic N) is 2. The second-order valence-electron chi connectivity index (χ2n) is 5.71. The molecule has 2 rings (SSSR count). The third-order valence-corrected chi connectivity index (χ3v) is 3.49. The second kappa shape index (κ2) is 5.74. The number of rotatable bonds is 6. The van der Waals surface area contributed by atoms with Crippen LogP contribution in [0.5, 0.6) is 0 Å². The van der Waals surface area contributed by atoms with Crippen LogP contribution in [-0.2, 0) is 4.79 Å². The first-order valence-corrected chi connectivity index (χ1v) is 7.05. The average molecular weight is 264 g/mol. The van der Waals surface area contributed by atoms with Gasteiger partial charge in [0.1, 0.15) is 0 Å². The molecule has 0 aromatic carbocycles. The summed E-state index contributed by atoms with van der Waals surface area (Å²) in [5.41, 5.74) is 2.75. The van der Waals surface area contributed by atoms with Gasteiger partial charge in [-0.05, 0) is 53.0 Å². The van der Waals surface area contributed by atoms with Gasteiger partial charge in [0.15, 0.2) is 0 Å². The van der Waals surface area contributed by atoms with Crippen molar-refractivity contribution in [3.8, 4) is 0 Å². The minimum atomic E-state index is 0.00940. The van der Waals surface area contributed by atoms with Crippen LogP contribution < -0.4 is 10.6 Å². The zero-order chi connectivity index (χ0) is 14.0. The van der Waals surface area contributed by atoms with Gasteiger partial charge in [0.25, 0.3) is 0 Å². The molecule has 0 radical (unpaired) electrons. The molecular weight excluding hydrogens is 240 g/mol. The zero-order valence-corrected chi connectivity index (χ0v) is 12.3. The van der Waals surface area contributed by atoms with Gasteiger partial charge in [-0.15, -0.1) is 0 Å². The van der Waals surface area contributed by atoms with Crippen LogP contribution in [0.3, 0.4) is 0 Å². The Kier molecular flexibility index (Phi) is 4.24. The highest BCUT2D eigenvalue weighted by molar-refractivity contribution is 5.93. The number of carbonyl (C=O) groups excluding carboxylic acids is 1. The highest BCUT2D eigenvalue weighted by Gasteiger charge is 2.21. The number of hydrogen-bond acceptors (Lipinski definition) is 3. The van der Waals surface area contributed by atoms with E-state index in [0.717, 1.165) is 29.5 Å². The van der Waals surface area contributed by atoms with Gasteiger partial charge >= 0.3 is 0 Å². The summed E-state index contributed by atoms with van der Waals surface area (Å²) in [7, 11) is 0. The van der Waals surface area contributed by atoms with E-state index in [1.165, 1.54) is 12.8 Å². The maximum atomic E-state index is 11.9. The highest BCUT2D eigenvalue weighted by Crippen LogP contribution is 2.27. The van der Waals surface area contributed by atoms with Crippen molar-refractivity contribution in [1.82, 2.24) is 15.1 Å². The molecule has 2 N–H and O–H groups in total. The van der Waals surface area contributed by atoms with E-state index in [1.54, 1.807) is 0 Å². The number of hydrogen-bond donors (Lipinski definition) is 2. The van der Waals surface area contributed by atoms with Crippen molar-refractivity contribution in [2.45, 2.75) is 46.6 Å². The Morgan fingerprint density at radius 1 is 1.42 bits per heavy atom. The summed E-state index contributed by atoms with van der Waals surface area (Å²) in [6.45, 7) is 9.43. The molecule has 0 saturated heterocycles. The molecule has 106 valence electrons. The third kappa shape index (κ3) is 3.56. The molecular formula is C14H24N4O. The van der Waals surface area contributed by atoms with Gasteiger partial charge in [0.2, 0.25) is 5.91 Å². The third-order valence-electron chi connectivity index (χ3n) is 3.49. The summed E-state index contributed by atoms with van der Waals surface area (Å²) in [6.07, 6.45) is 2.60. The molecule has 0 spiro atoms. The van der Waals surface area contributed by atoms with Gasteiger partial charge in [-0.25, -0.2) is 0 Å². The van der Waals surface area contributed by atoms with Crippen LogP contribution in [0.15, 0.2) is 0 Å². The normalized spacial score (nSPS) is 15.0. The van der Waals surface area contributed by atoms with Crippen LogP contribution in [-0.4, -0.2) is 28.8 Å². The molecule has 1 fully saturated rings. The fourth-order valence-electron chi connectivity index (χ4n) is 2.24. The second-order valence-corrected chi connectivity index (χ2v) is 5.71. The van der Waals surface area contributed by atoms with E-state index in [4.69, 9.17) is 0 Å². The largest absolute Gasteiger partial charge is 0.322 e. The monoisotopic (exact) mass is 264 g/mol. The molecule has 0 bridgehead atoms. The van der Waals surface area contributed by atoms with Gasteiger partial charge in [-0.2, -0.15) is 5.10 Å². The van der Waals surface area contributed by atoms with Gasteiger partial charge in [-0.3, -0.25) is 9.48 Å². The van der Waals surface area contributed by atoms with E-state index in [0.29, 0.717) is 12.6 Å². The molecule has 1 aromatic heterocycles. The molecule has 5 nitrogen and oxygen atoms in total. The number of amides is 1.